The fraction of sp³-hybridized carbons (Fsp3) is 0.265. The van der Waals surface area contributed by atoms with Crippen molar-refractivity contribution in [2.24, 2.45) is 0 Å². The van der Waals surface area contributed by atoms with Crippen molar-refractivity contribution < 1.29 is 71.5 Å². The molecule has 1 aliphatic rings. The lowest BCUT2D eigenvalue weighted by molar-refractivity contribution is -0.135. The van der Waals surface area contributed by atoms with Gasteiger partial charge in [-0.25, -0.2) is 4.79 Å². The van der Waals surface area contributed by atoms with E-state index in [9.17, 15) is 33.6 Å². The van der Waals surface area contributed by atoms with Crippen LogP contribution in [-0.4, -0.2) is 47.9 Å². The van der Waals surface area contributed by atoms with Gasteiger partial charge in [-0.3, -0.25) is 28.8 Å². The first kappa shape index (κ1) is 35.6. The summed E-state index contributed by atoms with van der Waals surface area (Å²) in [5.41, 5.74) is 0.448. The Morgan fingerprint density at radius 2 is 1.06 bits per heavy atom. The quantitative estimate of drug-likeness (QED) is 0.231. The van der Waals surface area contributed by atoms with Gasteiger partial charge in [0.2, 0.25) is 5.75 Å². The van der Waals surface area contributed by atoms with Crippen LogP contribution in [0.3, 0.4) is 0 Å². The van der Waals surface area contributed by atoms with E-state index in [0.717, 1.165) is 27.7 Å². The number of rotatable bonds is 9. The summed E-state index contributed by atoms with van der Waals surface area (Å²) in [4.78, 5) is 84.6. The number of hydrogen-bond acceptors (Lipinski definition) is 15. The van der Waals surface area contributed by atoms with E-state index in [-0.39, 0.29) is 63.4 Å². The van der Waals surface area contributed by atoms with Crippen LogP contribution in [-0.2, 0) is 39.9 Å². The molecular formula is C34H30O15. The highest BCUT2D eigenvalue weighted by Gasteiger charge is 2.38. The third-order valence-electron chi connectivity index (χ3n) is 6.39. The fourth-order valence-electron chi connectivity index (χ4n) is 4.78. The largest absolute Gasteiger partial charge is 0.481 e. The molecule has 49 heavy (non-hydrogen) atoms. The smallest absolute Gasteiger partial charge is 0.338 e. The normalized spacial score (nSPS) is 14.6. The number of esters is 7. The molecule has 256 valence electrons. The van der Waals surface area contributed by atoms with Crippen LogP contribution in [0.4, 0.5) is 0 Å². The molecule has 0 unspecified atom stereocenters. The number of carbonyl (C=O) groups excluding carboxylic acids is 7. The molecule has 0 saturated heterocycles. The van der Waals surface area contributed by atoms with Gasteiger partial charge in [-0.1, -0.05) is 0 Å². The van der Waals surface area contributed by atoms with Gasteiger partial charge in [0.25, 0.3) is 0 Å². The summed E-state index contributed by atoms with van der Waals surface area (Å²) in [6.45, 7) is 6.81. The Kier molecular flexibility index (Phi) is 11.0. The van der Waals surface area contributed by atoms with E-state index in [4.69, 9.17) is 37.9 Å². The standard InChI is InChI=1S/C34H30O15/c1-16(35)42-24-9-7-22(8-10-24)34(41)49-31-15-26-27(44-18(3)37)13-25(43-17(2)36)14-28(26)48-32(31)23-11-29(45-19(4)38)33(47-21(6)40)30(12-23)46-20(5)39/h7-14,31-32H,15H2,1-6H3/t31-,32-/m1/s1. The topological polar surface area (TPSA) is 193 Å². The van der Waals surface area contributed by atoms with E-state index < -0.39 is 54.0 Å². The molecule has 0 saturated carbocycles. The molecule has 0 aromatic heterocycles. The molecule has 4 rings (SSSR count). The lowest BCUT2D eigenvalue weighted by atomic mass is 9.93. The molecular weight excluding hydrogens is 648 g/mol. The van der Waals surface area contributed by atoms with Crippen molar-refractivity contribution in [1.82, 2.24) is 0 Å². The number of fused-ring (bicyclic) bond motifs is 1. The van der Waals surface area contributed by atoms with Crippen LogP contribution < -0.4 is 33.2 Å². The van der Waals surface area contributed by atoms with E-state index in [0.29, 0.717) is 0 Å². The highest BCUT2D eigenvalue weighted by Crippen LogP contribution is 2.47. The summed E-state index contributed by atoms with van der Waals surface area (Å²) in [6.07, 6.45) is -2.61. The third-order valence-corrected chi connectivity index (χ3v) is 6.39. The Morgan fingerprint density at radius 3 is 1.57 bits per heavy atom. The van der Waals surface area contributed by atoms with Crippen molar-refractivity contribution in [3.63, 3.8) is 0 Å². The van der Waals surface area contributed by atoms with Gasteiger partial charge in [0.05, 0.1) is 5.56 Å². The molecule has 3 aromatic rings. The summed E-state index contributed by atoms with van der Waals surface area (Å²) >= 11 is 0. The summed E-state index contributed by atoms with van der Waals surface area (Å²) < 4.78 is 43.6. The predicted molar refractivity (Wildman–Crippen MR) is 163 cm³/mol. The van der Waals surface area contributed by atoms with Gasteiger partial charge in [0, 0.05) is 71.2 Å². The van der Waals surface area contributed by atoms with Gasteiger partial charge < -0.3 is 37.9 Å². The lowest BCUT2D eigenvalue weighted by Crippen LogP contribution is -2.35. The third kappa shape index (κ3) is 9.41. The van der Waals surface area contributed by atoms with E-state index in [1.54, 1.807) is 0 Å². The molecule has 0 N–H and O–H groups in total. The van der Waals surface area contributed by atoms with Crippen LogP contribution in [0.5, 0.6) is 40.2 Å². The summed E-state index contributed by atoms with van der Waals surface area (Å²) in [5, 5.41) is 0. The van der Waals surface area contributed by atoms with Gasteiger partial charge in [-0.2, -0.15) is 0 Å². The van der Waals surface area contributed by atoms with Crippen LogP contribution >= 0.6 is 0 Å². The Morgan fingerprint density at radius 1 is 0.571 bits per heavy atom. The molecule has 0 aliphatic carbocycles. The second-order valence-electron chi connectivity index (χ2n) is 10.5. The molecule has 1 heterocycles. The summed E-state index contributed by atoms with van der Waals surface area (Å²) in [5.74, 6) is -6.08. The van der Waals surface area contributed by atoms with Crippen LogP contribution in [0.15, 0.2) is 48.5 Å². The highest BCUT2D eigenvalue weighted by molar-refractivity contribution is 5.90. The number of hydrogen-bond donors (Lipinski definition) is 0. The zero-order chi connectivity index (χ0) is 36.0. The van der Waals surface area contributed by atoms with Gasteiger partial charge in [-0.05, 0) is 36.4 Å². The molecule has 0 radical (unpaired) electrons. The number of ether oxygens (including phenoxy) is 8. The first-order valence-corrected chi connectivity index (χ1v) is 14.5. The van der Waals surface area contributed by atoms with E-state index in [1.807, 2.05) is 0 Å². The first-order valence-electron chi connectivity index (χ1n) is 14.5. The van der Waals surface area contributed by atoms with Crippen LogP contribution in [0, 0.1) is 0 Å². The van der Waals surface area contributed by atoms with Crippen molar-refractivity contribution in [2.45, 2.75) is 60.2 Å². The van der Waals surface area contributed by atoms with Crippen molar-refractivity contribution >= 4 is 41.8 Å². The van der Waals surface area contributed by atoms with Crippen LogP contribution in [0.1, 0.15) is 69.1 Å². The fourth-order valence-corrected chi connectivity index (χ4v) is 4.78. The second kappa shape index (κ2) is 15.1. The van der Waals surface area contributed by atoms with Crippen molar-refractivity contribution in [2.75, 3.05) is 0 Å². The molecule has 15 heteroatoms. The second-order valence-corrected chi connectivity index (χ2v) is 10.5. The van der Waals surface area contributed by atoms with Crippen molar-refractivity contribution in [1.29, 1.82) is 0 Å². The Hall–Kier alpha value is -6.25. The Bertz CT molecular complexity index is 1800. The van der Waals surface area contributed by atoms with E-state index >= 15 is 0 Å². The summed E-state index contributed by atoms with van der Waals surface area (Å²) in [6, 6.07) is 10.7. The number of benzene rings is 3. The maximum atomic E-state index is 13.4. The van der Waals surface area contributed by atoms with E-state index in [2.05, 4.69) is 0 Å². The molecule has 2 atom stereocenters. The molecule has 0 spiro atoms. The number of carbonyl (C=O) groups is 7. The van der Waals surface area contributed by atoms with Gasteiger partial charge >= 0.3 is 41.8 Å². The molecule has 0 amide bonds. The van der Waals surface area contributed by atoms with Crippen LogP contribution in [0.2, 0.25) is 0 Å². The zero-order valence-corrected chi connectivity index (χ0v) is 27.1. The Labute approximate surface area is 278 Å². The Balaban J connectivity index is 1.88. The lowest BCUT2D eigenvalue weighted by Gasteiger charge is -2.34. The molecule has 3 aromatic carbocycles. The summed E-state index contributed by atoms with van der Waals surface area (Å²) in [7, 11) is 0. The SMILES string of the molecule is CC(=O)Oc1ccc(C(=O)O[C@@H]2Cc3c(OC(C)=O)cc(OC(C)=O)cc3O[C@@H]2c2cc(OC(C)=O)c(OC(C)=O)c(OC(C)=O)c2)cc1. The van der Waals surface area contributed by atoms with Crippen molar-refractivity contribution in [3.05, 3.63) is 65.2 Å². The maximum Gasteiger partial charge on any atom is 0.338 e. The minimum absolute atomic E-state index is 0.0315. The molecule has 0 fully saturated rings. The predicted octanol–water partition coefficient (Wildman–Crippen LogP) is 4.14. The molecule has 1 aliphatic heterocycles. The maximum absolute atomic E-state index is 13.4. The molecule has 15 nitrogen and oxygen atoms in total. The highest BCUT2D eigenvalue weighted by atomic mass is 16.6. The van der Waals surface area contributed by atoms with Crippen molar-refractivity contribution in [3.8, 4) is 40.2 Å². The molecule has 0 bridgehead atoms. The van der Waals surface area contributed by atoms with E-state index in [1.165, 1.54) is 62.4 Å². The minimum atomic E-state index is -1.26. The van der Waals surface area contributed by atoms with Gasteiger partial charge in [0.1, 0.15) is 29.1 Å². The average molecular weight is 679 g/mol. The average Bonchev–Trinajstić information content (AvgIpc) is 2.97. The monoisotopic (exact) mass is 678 g/mol. The zero-order valence-electron chi connectivity index (χ0n) is 27.1. The first-order chi connectivity index (χ1) is 23.1. The van der Waals surface area contributed by atoms with Crippen LogP contribution in [0.25, 0.3) is 0 Å². The van der Waals surface area contributed by atoms with Gasteiger partial charge in [-0.15, -0.1) is 0 Å². The van der Waals surface area contributed by atoms with Gasteiger partial charge in [0.15, 0.2) is 17.6 Å². The minimum Gasteiger partial charge on any atom is -0.481 e.